The molecule has 0 aromatic heterocycles. The van der Waals surface area contributed by atoms with Crippen molar-refractivity contribution in [1.29, 1.82) is 0 Å². The van der Waals surface area contributed by atoms with Crippen molar-refractivity contribution >= 4 is 5.97 Å². The monoisotopic (exact) mass is 195 g/mol. The minimum Gasteiger partial charge on any atom is -0.469 e. The maximum absolute atomic E-state index is 11.0. The van der Waals surface area contributed by atoms with Gasteiger partial charge in [0.15, 0.2) is 0 Å². The Morgan fingerprint density at radius 3 is 3.00 bits per heavy atom. The molecule has 0 aliphatic heterocycles. The standard InChI is InChI=1S/C11H17NO2/c1-8-9(4-3-5-10(8)12)6-7-11(13)14-2/h3-5,8-9H,6-7,12H2,1-2H3. The molecule has 0 amide bonds. The molecule has 0 bridgehead atoms. The summed E-state index contributed by atoms with van der Waals surface area (Å²) in [6.07, 6.45) is 7.24. The van der Waals surface area contributed by atoms with Crippen LogP contribution in [0.2, 0.25) is 0 Å². The summed E-state index contributed by atoms with van der Waals surface area (Å²) in [4.78, 5) is 11.0. The van der Waals surface area contributed by atoms with Crippen molar-refractivity contribution in [2.75, 3.05) is 7.11 Å². The van der Waals surface area contributed by atoms with Crippen molar-refractivity contribution < 1.29 is 9.53 Å². The molecular formula is C11H17NO2. The molecule has 0 radical (unpaired) electrons. The number of methoxy groups -OCH3 is 1. The van der Waals surface area contributed by atoms with Crippen molar-refractivity contribution in [3.8, 4) is 0 Å². The molecule has 0 aromatic rings. The fourth-order valence-electron chi connectivity index (χ4n) is 1.61. The van der Waals surface area contributed by atoms with Crippen LogP contribution in [0.1, 0.15) is 19.8 Å². The van der Waals surface area contributed by atoms with Crippen LogP contribution in [0.3, 0.4) is 0 Å². The topological polar surface area (TPSA) is 52.3 Å². The largest absolute Gasteiger partial charge is 0.469 e. The number of carbonyl (C=O) groups excluding carboxylic acids is 1. The Morgan fingerprint density at radius 1 is 1.64 bits per heavy atom. The Balaban J connectivity index is 2.43. The van der Waals surface area contributed by atoms with E-state index in [1.54, 1.807) is 0 Å². The van der Waals surface area contributed by atoms with Crippen LogP contribution in [0, 0.1) is 11.8 Å². The van der Waals surface area contributed by atoms with Crippen LogP contribution in [0.5, 0.6) is 0 Å². The van der Waals surface area contributed by atoms with Crippen molar-refractivity contribution in [3.05, 3.63) is 23.9 Å². The van der Waals surface area contributed by atoms with E-state index in [9.17, 15) is 4.79 Å². The van der Waals surface area contributed by atoms with Gasteiger partial charge in [0.2, 0.25) is 0 Å². The summed E-state index contributed by atoms with van der Waals surface area (Å²) in [5.41, 5.74) is 6.69. The average molecular weight is 195 g/mol. The molecule has 0 saturated heterocycles. The second kappa shape index (κ2) is 4.84. The van der Waals surface area contributed by atoms with Gasteiger partial charge in [0.05, 0.1) is 7.11 Å². The predicted molar refractivity (Wildman–Crippen MR) is 55.3 cm³/mol. The summed E-state index contributed by atoms with van der Waals surface area (Å²) >= 11 is 0. The van der Waals surface area contributed by atoms with Gasteiger partial charge in [-0.3, -0.25) is 4.79 Å². The molecule has 3 nitrogen and oxygen atoms in total. The molecule has 2 unspecified atom stereocenters. The van der Waals surface area contributed by atoms with Gasteiger partial charge in [-0.2, -0.15) is 0 Å². The maximum atomic E-state index is 11.0. The lowest BCUT2D eigenvalue weighted by Crippen LogP contribution is -2.20. The summed E-state index contributed by atoms with van der Waals surface area (Å²) in [6.45, 7) is 2.08. The number of hydrogen-bond acceptors (Lipinski definition) is 3. The van der Waals surface area contributed by atoms with E-state index < -0.39 is 0 Å². The zero-order chi connectivity index (χ0) is 10.6. The van der Waals surface area contributed by atoms with Crippen LogP contribution in [-0.2, 0) is 9.53 Å². The third kappa shape index (κ3) is 2.62. The highest BCUT2D eigenvalue weighted by Crippen LogP contribution is 2.26. The number of nitrogens with two attached hydrogens (primary N) is 1. The Bertz CT molecular complexity index is 268. The third-order valence-electron chi connectivity index (χ3n) is 2.72. The van der Waals surface area contributed by atoms with Crippen molar-refractivity contribution in [2.45, 2.75) is 19.8 Å². The van der Waals surface area contributed by atoms with Gasteiger partial charge < -0.3 is 10.5 Å². The van der Waals surface area contributed by atoms with Crippen molar-refractivity contribution in [3.63, 3.8) is 0 Å². The molecule has 1 aliphatic rings. The molecule has 0 spiro atoms. The molecule has 0 fully saturated rings. The van der Waals surface area contributed by atoms with Gasteiger partial charge >= 0.3 is 5.97 Å². The Labute approximate surface area is 84.6 Å². The highest BCUT2D eigenvalue weighted by atomic mass is 16.5. The van der Waals surface area contributed by atoms with Crippen LogP contribution in [0.25, 0.3) is 0 Å². The number of hydrogen-bond donors (Lipinski definition) is 1. The zero-order valence-electron chi connectivity index (χ0n) is 8.69. The van der Waals surface area contributed by atoms with Crippen LogP contribution < -0.4 is 5.73 Å². The summed E-state index contributed by atoms with van der Waals surface area (Å²) in [6, 6.07) is 0. The Morgan fingerprint density at radius 2 is 2.36 bits per heavy atom. The highest BCUT2D eigenvalue weighted by molar-refractivity contribution is 5.69. The smallest absolute Gasteiger partial charge is 0.305 e. The molecule has 0 saturated carbocycles. The molecule has 0 heterocycles. The number of ether oxygens (including phenoxy) is 1. The molecule has 14 heavy (non-hydrogen) atoms. The van der Waals surface area contributed by atoms with Gasteiger partial charge in [0.1, 0.15) is 0 Å². The third-order valence-corrected chi connectivity index (χ3v) is 2.72. The number of rotatable bonds is 3. The lowest BCUT2D eigenvalue weighted by Gasteiger charge is -2.23. The molecule has 1 aliphatic carbocycles. The summed E-state index contributed by atoms with van der Waals surface area (Å²) < 4.78 is 4.59. The molecule has 3 heteroatoms. The molecule has 0 aromatic carbocycles. The molecular weight excluding hydrogens is 178 g/mol. The minimum absolute atomic E-state index is 0.154. The van der Waals surface area contributed by atoms with Crippen LogP contribution in [0.15, 0.2) is 23.9 Å². The van der Waals surface area contributed by atoms with Gasteiger partial charge in [-0.15, -0.1) is 0 Å². The van der Waals surface area contributed by atoms with Crippen LogP contribution >= 0.6 is 0 Å². The Hall–Kier alpha value is -1.25. The van der Waals surface area contributed by atoms with Crippen molar-refractivity contribution in [2.24, 2.45) is 17.6 Å². The first kappa shape index (κ1) is 10.8. The van der Waals surface area contributed by atoms with E-state index >= 15 is 0 Å². The van der Waals surface area contributed by atoms with Crippen LogP contribution in [-0.4, -0.2) is 13.1 Å². The highest BCUT2D eigenvalue weighted by Gasteiger charge is 2.19. The van der Waals surface area contributed by atoms with E-state index in [4.69, 9.17) is 5.73 Å². The van der Waals surface area contributed by atoms with Gasteiger partial charge in [0.25, 0.3) is 0 Å². The Kier molecular flexibility index (Phi) is 3.74. The van der Waals surface area contributed by atoms with Gasteiger partial charge in [0, 0.05) is 18.0 Å². The normalized spacial score (nSPS) is 25.7. The first-order valence-corrected chi connectivity index (χ1v) is 4.86. The SMILES string of the molecule is COC(=O)CCC1C=CC=C(N)C1C. The maximum Gasteiger partial charge on any atom is 0.305 e. The molecule has 1 rings (SSSR count). The van der Waals surface area contributed by atoms with Gasteiger partial charge in [-0.1, -0.05) is 19.1 Å². The second-order valence-corrected chi connectivity index (χ2v) is 3.62. The molecule has 78 valence electrons. The first-order chi connectivity index (χ1) is 6.65. The quantitative estimate of drug-likeness (QED) is 0.696. The van der Waals surface area contributed by atoms with E-state index in [-0.39, 0.29) is 5.97 Å². The van der Waals surface area contributed by atoms with Crippen LogP contribution in [0.4, 0.5) is 0 Å². The van der Waals surface area contributed by atoms with Gasteiger partial charge in [-0.25, -0.2) is 0 Å². The number of esters is 1. The van der Waals surface area contributed by atoms with Gasteiger partial charge in [-0.05, 0) is 18.4 Å². The lowest BCUT2D eigenvalue weighted by molar-refractivity contribution is -0.140. The number of carbonyl (C=O) groups is 1. The van der Waals surface area contributed by atoms with E-state index in [1.807, 2.05) is 12.2 Å². The minimum atomic E-state index is -0.154. The van der Waals surface area contributed by atoms with E-state index in [1.165, 1.54) is 7.11 Å². The van der Waals surface area contributed by atoms with Crippen molar-refractivity contribution in [1.82, 2.24) is 0 Å². The zero-order valence-corrected chi connectivity index (χ0v) is 8.69. The fourth-order valence-corrected chi connectivity index (χ4v) is 1.61. The summed E-state index contributed by atoms with van der Waals surface area (Å²) in [5.74, 6) is 0.530. The van der Waals surface area contributed by atoms with E-state index in [2.05, 4.69) is 17.7 Å². The van der Waals surface area contributed by atoms with E-state index in [0.717, 1.165) is 12.1 Å². The molecule has 2 atom stereocenters. The first-order valence-electron chi connectivity index (χ1n) is 4.86. The summed E-state index contributed by atoms with van der Waals surface area (Å²) in [5, 5.41) is 0. The lowest BCUT2D eigenvalue weighted by atomic mass is 9.84. The average Bonchev–Trinajstić information content (AvgIpc) is 2.20. The van der Waals surface area contributed by atoms with E-state index in [0.29, 0.717) is 18.3 Å². The number of allylic oxidation sites excluding steroid dienone is 4. The predicted octanol–water partition coefficient (Wildman–Crippen LogP) is 1.60. The second-order valence-electron chi connectivity index (χ2n) is 3.62. The molecule has 2 N–H and O–H groups in total. The fraction of sp³-hybridized carbons (Fsp3) is 0.545. The summed E-state index contributed by atoms with van der Waals surface area (Å²) in [7, 11) is 1.41.